The Morgan fingerprint density at radius 3 is 2.62 bits per heavy atom. The Morgan fingerprint density at radius 2 is 2.23 bits per heavy atom. The van der Waals surface area contributed by atoms with Crippen LogP contribution in [0.5, 0.6) is 0 Å². The molecular formula is C7H12INO4. The Morgan fingerprint density at radius 1 is 1.62 bits per heavy atom. The SMILES string of the molecule is COC(=O)[C@H](CCI)NCC(=O)O. The third kappa shape index (κ3) is 5.81. The molecule has 0 aliphatic rings. The number of carbonyl (C=O) groups excluding carboxylic acids is 1. The molecule has 6 heteroatoms. The van der Waals surface area contributed by atoms with Gasteiger partial charge in [0.2, 0.25) is 0 Å². The molecule has 0 saturated heterocycles. The van der Waals surface area contributed by atoms with Gasteiger partial charge >= 0.3 is 11.9 Å². The van der Waals surface area contributed by atoms with Crippen LogP contribution >= 0.6 is 22.6 Å². The molecule has 0 aromatic carbocycles. The van der Waals surface area contributed by atoms with E-state index >= 15 is 0 Å². The van der Waals surface area contributed by atoms with Crippen molar-refractivity contribution in [2.75, 3.05) is 18.1 Å². The molecule has 2 N–H and O–H groups in total. The summed E-state index contributed by atoms with van der Waals surface area (Å²) in [6.07, 6.45) is 0.570. The zero-order valence-electron chi connectivity index (χ0n) is 7.25. The van der Waals surface area contributed by atoms with Crippen molar-refractivity contribution in [2.24, 2.45) is 0 Å². The van der Waals surface area contributed by atoms with Crippen LogP contribution in [0.2, 0.25) is 0 Å². The summed E-state index contributed by atoms with van der Waals surface area (Å²) in [7, 11) is 1.28. The highest BCUT2D eigenvalue weighted by molar-refractivity contribution is 14.1. The minimum atomic E-state index is -0.984. The van der Waals surface area contributed by atoms with Gasteiger partial charge in [-0.15, -0.1) is 0 Å². The van der Waals surface area contributed by atoms with Crippen molar-refractivity contribution in [1.82, 2.24) is 5.32 Å². The van der Waals surface area contributed by atoms with Crippen LogP contribution in [0, 0.1) is 0 Å². The van der Waals surface area contributed by atoms with Gasteiger partial charge in [0.05, 0.1) is 13.7 Å². The van der Waals surface area contributed by atoms with Crippen LogP contribution in [0.3, 0.4) is 0 Å². The maximum atomic E-state index is 11.0. The lowest BCUT2D eigenvalue weighted by atomic mass is 10.2. The van der Waals surface area contributed by atoms with E-state index in [4.69, 9.17) is 5.11 Å². The molecule has 0 rings (SSSR count). The number of hydrogen-bond donors (Lipinski definition) is 2. The van der Waals surface area contributed by atoms with E-state index in [1.54, 1.807) is 0 Å². The van der Waals surface area contributed by atoms with E-state index in [1.165, 1.54) is 7.11 Å². The summed E-state index contributed by atoms with van der Waals surface area (Å²) in [6, 6.07) is -0.516. The van der Waals surface area contributed by atoms with E-state index in [2.05, 4.69) is 32.6 Å². The molecular weight excluding hydrogens is 289 g/mol. The molecule has 0 heterocycles. The zero-order valence-corrected chi connectivity index (χ0v) is 9.41. The highest BCUT2D eigenvalue weighted by Crippen LogP contribution is 1.98. The van der Waals surface area contributed by atoms with Crippen LogP contribution in [0.4, 0.5) is 0 Å². The molecule has 76 valence electrons. The van der Waals surface area contributed by atoms with Gasteiger partial charge in [0.25, 0.3) is 0 Å². The van der Waals surface area contributed by atoms with Gasteiger partial charge in [-0.1, -0.05) is 22.6 Å². The fourth-order valence-corrected chi connectivity index (χ4v) is 1.39. The van der Waals surface area contributed by atoms with Crippen LogP contribution < -0.4 is 5.32 Å². The van der Waals surface area contributed by atoms with E-state index in [-0.39, 0.29) is 6.54 Å². The van der Waals surface area contributed by atoms with Crippen molar-refractivity contribution >= 4 is 34.5 Å². The molecule has 0 aromatic rings. The normalized spacial score (nSPS) is 12.2. The lowest BCUT2D eigenvalue weighted by Crippen LogP contribution is -2.40. The molecule has 0 aromatic heterocycles. The third-order valence-corrected chi connectivity index (χ3v) is 2.01. The Kier molecular flexibility index (Phi) is 6.87. The zero-order chi connectivity index (χ0) is 10.3. The van der Waals surface area contributed by atoms with Crippen LogP contribution in [0.25, 0.3) is 0 Å². The Bertz CT molecular complexity index is 185. The monoisotopic (exact) mass is 301 g/mol. The van der Waals surface area contributed by atoms with Gasteiger partial charge in [0.1, 0.15) is 6.04 Å². The largest absolute Gasteiger partial charge is 0.480 e. The van der Waals surface area contributed by atoms with E-state index in [0.717, 1.165) is 4.43 Å². The van der Waals surface area contributed by atoms with Crippen molar-refractivity contribution < 1.29 is 19.4 Å². The Labute approximate surface area is 90.0 Å². The lowest BCUT2D eigenvalue weighted by Gasteiger charge is -2.13. The van der Waals surface area contributed by atoms with Crippen molar-refractivity contribution in [3.8, 4) is 0 Å². The molecule has 0 aliphatic heterocycles. The lowest BCUT2D eigenvalue weighted by molar-refractivity contribution is -0.143. The number of alkyl halides is 1. The smallest absolute Gasteiger partial charge is 0.322 e. The van der Waals surface area contributed by atoms with Gasteiger partial charge in [-0.05, 0) is 6.42 Å². The number of ether oxygens (including phenoxy) is 1. The molecule has 0 spiro atoms. The number of carboxylic acids is 1. The fraction of sp³-hybridized carbons (Fsp3) is 0.714. The number of halogens is 1. The average molecular weight is 301 g/mol. The Balaban J connectivity index is 3.93. The average Bonchev–Trinajstić information content (AvgIpc) is 2.10. The standard InChI is InChI=1S/C7H12INO4/c1-13-7(12)5(2-3-8)9-4-6(10)11/h5,9H,2-4H2,1H3,(H,10,11)/t5-/m0/s1. The third-order valence-electron chi connectivity index (χ3n) is 1.38. The van der Waals surface area contributed by atoms with Gasteiger partial charge in [0.15, 0.2) is 0 Å². The number of esters is 1. The fourth-order valence-electron chi connectivity index (χ4n) is 0.765. The van der Waals surface area contributed by atoms with Gasteiger partial charge in [-0.3, -0.25) is 14.9 Å². The predicted molar refractivity (Wildman–Crippen MR) is 54.9 cm³/mol. The van der Waals surface area contributed by atoms with Crippen molar-refractivity contribution in [2.45, 2.75) is 12.5 Å². The first-order chi connectivity index (χ1) is 6.11. The summed E-state index contributed by atoms with van der Waals surface area (Å²) >= 11 is 2.11. The summed E-state index contributed by atoms with van der Waals surface area (Å²) in [5.74, 6) is -1.40. The van der Waals surface area contributed by atoms with E-state index in [0.29, 0.717) is 6.42 Å². The summed E-state index contributed by atoms with van der Waals surface area (Å²) in [6.45, 7) is -0.226. The predicted octanol–water partition coefficient (Wildman–Crippen LogP) is 0.0273. The highest BCUT2D eigenvalue weighted by atomic mass is 127. The summed E-state index contributed by atoms with van der Waals surface area (Å²) in [5, 5.41) is 11.0. The minimum absolute atomic E-state index is 0.226. The van der Waals surface area contributed by atoms with Crippen molar-refractivity contribution in [1.29, 1.82) is 0 Å². The van der Waals surface area contributed by atoms with E-state index in [1.807, 2.05) is 0 Å². The maximum Gasteiger partial charge on any atom is 0.322 e. The van der Waals surface area contributed by atoms with E-state index < -0.39 is 18.0 Å². The first-order valence-corrected chi connectivity index (χ1v) is 5.23. The number of methoxy groups -OCH3 is 1. The molecule has 5 nitrogen and oxygen atoms in total. The van der Waals surface area contributed by atoms with Crippen LogP contribution in [0.1, 0.15) is 6.42 Å². The molecule has 0 radical (unpaired) electrons. The topological polar surface area (TPSA) is 75.6 Å². The molecule has 0 fully saturated rings. The van der Waals surface area contributed by atoms with Crippen LogP contribution in [0.15, 0.2) is 0 Å². The Hall–Kier alpha value is -0.370. The molecule has 0 amide bonds. The number of nitrogens with one attached hydrogen (secondary N) is 1. The number of aliphatic carboxylic acids is 1. The molecule has 0 bridgehead atoms. The van der Waals surface area contributed by atoms with Crippen molar-refractivity contribution in [3.63, 3.8) is 0 Å². The summed E-state index contributed by atoms with van der Waals surface area (Å²) in [4.78, 5) is 21.2. The summed E-state index contributed by atoms with van der Waals surface area (Å²) in [5.41, 5.74) is 0. The van der Waals surface area contributed by atoms with Crippen LogP contribution in [-0.2, 0) is 14.3 Å². The minimum Gasteiger partial charge on any atom is -0.480 e. The van der Waals surface area contributed by atoms with Gasteiger partial charge in [-0.25, -0.2) is 0 Å². The quantitative estimate of drug-likeness (QED) is 0.411. The number of carbonyl (C=O) groups is 2. The molecule has 1 atom stereocenters. The first-order valence-electron chi connectivity index (χ1n) is 3.70. The molecule has 0 aliphatic carbocycles. The van der Waals surface area contributed by atoms with Gasteiger partial charge in [-0.2, -0.15) is 0 Å². The maximum absolute atomic E-state index is 11.0. The number of carboxylic acid groups (broad SMARTS) is 1. The molecule has 0 unspecified atom stereocenters. The van der Waals surface area contributed by atoms with Gasteiger partial charge < -0.3 is 9.84 Å². The van der Waals surface area contributed by atoms with E-state index in [9.17, 15) is 9.59 Å². The molecule has 0 saturated carbocycles. The van der Waals surface area contributed by atoms with Gasteiger partial charge in [0, 0.05) is 4.43 Å². The van der Waals surface area contributed by atoms with Crippen molar-refractivity contribution in [3.05, 3.63) is 0 Å². The second-order valence-electron chi connectivity index (χ2n) is 2.33. The first kappa shape index (κ1) is 12.6. The molecule has 13 heavy (non-hydrogen) atoms. The number of hydrogen-bond acceptors (Lipinski definition) is 4. The second kappa shape index (κ2) is 7.07. The summed E-state index contributed by atoms with van der Waals surface area (Å²) < 4.78 is 5.27. The highest BCUT2D eigenvalue weighted by Gasteiger charge is 2.18. The second-order valence-corrected chi connectivity index (χ2v) is 3.41. The van der Waals surface area contributed by atoms with Crippen LogP contribution in [-0.4, -0.2) is 41.2 Å². The number of rotatable bonds is 6.